The van der Waals surface area contributed by atoms with Gasteiger partial charge in [-0.1, -0.05) is 30.3 Å². The van der Waals surface area contributed by atoms with E-state index >= 15 is 0 Å². The van der Waals surface area contributed by atoms with Crippen molar-refractivity contribution in [1.82, 2.24) is 4.98 Å². The Morgan fingerprint density at radius 3 is 2.73 bits per heavy atom. The predicted octanol–water partition coefficient (Wildman–Crippen LogP) is 3.76. The molecule has 1 aliphatic rings. The number of fused-ring (bicyclic) bond motifs is 1. The smallest absolute Gasteiger partial charge is 0.124 e. The van der Waals surface area contributed by atoms with E-state index in [1.807, 2.05) is 42.6 Å². The van der Waals surface area contributed by atoms with E-state index in [1.165, 1.54) is 0 Å². The van der Waals surface area contributed by atoms with E-state index in [2.05, 4.69) is 29.3 Å². The normalized spacial score (nSPS) is 12.7. The molecule has 0 radical (unpaired) electrons. The fourth-order valence-electron chi connectivity index (χ4n) is 3.10. The molecule has 1 aliphatic heterocycles. The highest BCUT2D eigenvalue weighted by Gasteiger charge is 2.11. The maximum atomic E-state index is 5.98. The molecule has 0 aliphatic carbocycles. The van der Waals surface area contributed by atoms with Gasteiger partial charge in [0.05, 0.1) is 11.4 Å². The minimum absolute atomic E-state index is 0.426. The van der Waals surface area contributed by atoms with Gasteiger partial charge in [0.2, 0.25) is 0 Å². The SMILES string of the molecule is NCc1cc(-c2ccc3c(n2)CCN=C3)ccc1OCc1ccccc1. The first-order valence-electron chi connectivity index (χ1n) is 8.83. The van der Waals surface area contributed by atoms with E-state index in [1.54, 1.807) is 0 Å². The Balaban J connectivity index is 1.58. The van der Waals surface area contributed by atoms with Crippen LogP contribution in [0.15, 0.2) is 65.7 Å². The Kier molecular flexibility index (Phi) is 4.75. The minimum Gasteiger partial charge on any atom is -0.489 e. The third-order valence-corrected chi connectivity index (χ3v) is 4.53. The molecule has 4 rings (SSSR count). The van der Waals surface area contributed by atoms with Crippen LogP contribution in [0.3, 0.4) is 0 Å². The highest BCUT2D eigenvalue weighted by atomic mass is 16.5. The first-order chi connectivity index (χ1) is 12.8. The molecule has 4 heteroatoms. The summed E-state index contributed by atoms with van der Waals surface area (Å²) in [5, 5.41) is 0. The second kappa shape index (κ2) is 7.50. The largest absolute Gasteiger partial charge is 0.489 e. The lowest BCUT2D eigenvalue weighted by atomic mass is 10.0. The molecule has 4 nitrogen and oxygen atoms in total. The molecule has 0 spiro atoms. The third-order valence-electron chi connectivity index (χ3n) is 4.53. The number of rotatable bonds is 5. The van der Waals surface area contributed by atoms with Gasteiger partial charge in [-0.3, -0.25) is 9.98 Å². The Morgan fingerprint density at radius 1 is 1.00 bits per heavy atom. The molecular weight excluding hydrogens is 322 g/mol. The number of hydrogen-bond donors (Lipinski definition) is 1. The van der Waals surface area contributed by atoms with E-state index in [4.69, 9.17) is 15.5 Å². The van der Waals surface area contributed by atoms with E-state index in [9.17, 15) is 0 Å². The molecule has 0 amide bonds. The van der Waals surface area contributed by atoms with Crippen LogP contribution in [0.1, 0.15) is 22.4 Å². The number of hydrogen-bond acceptors (Lipinski definition) is 4. The van der Waals surface area contributed by atoms with Crippen molar-refractivity contribution in [2.45, 2.75) is 19.6 Å². The molecule has 2 heterocycles. The van der Waals surface area contributed by atoms with Crippen molar-refractivity contribution in [3.63, 3.8) is 0 Å². The number of nitrogens with two attached hydrogens (primary N) is 1. The average molecular weight is 343 g/mol. The van der Waals surface area contributed by atoms with Crippen molar-refractivity contribution in [3.05, 3.63) is 83.0 Å². The van der Waals surface area contributed by atoms with E-state index in [-0.39, 0.29) is 0 Å². The van der Waals surface area contributed by atoms with Gasteiger partial charge in [-0.25, -0.2) is 0 Å². The molecule has 2 N–H and O–H groups in total. The van der Waals surface area contributed by atoms with Crippen molar-refractivity contribution in [2.24, 2.45) is 10.7 Å². The Bertz CT molecular complexity index is 935. The van der Waals surface area contributed by atoms with Crippen LogP contribution < -0.4 is 10.5 Å². The number of aromatic nitrogens is 1. The predicted molar refractivity (Wildman–Crippen MR) is 105 cm³/mol. The summed E-state index contributed by atoms with van der Waals surface area (Å²) in [7, 11) is 0. The summed E-state index contributed by atoms with van der Waals surface area (Å²) in [5.41, 5.74) is 12.3. The van der Waals surface area contributed by atoms with E-state index in [0.717, 1.165) is 52.4 Å². The molecule has 26 heavy (non-hydrogen) atoms. The Hall–Kier alpha value is -2.98. The molecule has 130 valence electrons. The summed E-state index contributed by atoms with van der Waals surface area (Å²) < 4.78 is 5.98. The van der Waals surface area contributed by atoms with Crippen LogP contribution in [0.5, 0.6) is 5.75 Å². The summed E-state index contributed by atoms with van der Waals surface area (Å²) in [4.78, 5) is 9.12. The van der Waals surface area contributed by atoms with Gasteiger partial charge in [-0.05, 0) is 35.9 Å². The summed E-state index contributed by atoms with van der Waals surface area (Å²) in [6.07, 6.45) is 2.79. The second-order valence-corrected chi connectivity index (χ2v) is 6.32. The lowest BCUT2D eigenvalue weighted by Gasteiger charge is -2.14. The van der Waals surface area contributed by atoms with Gasteiger partial charge in [-0.2, -0.15) is 0 Å². The first kappa shape index (κ1) is 16.5. The highest BCUT2D eigenvalue weighted by molar-refractivity contribution is 5.83. The molecule has 0 bridgehead atoms. The molecule has 0 atom stereocenters. The van der Waals surface area contributed by atoms with Crippen LogP contribution in [0, 0.1) is 0 Å². The number of pyridine rings is 1. The summed E-state index contributed by atoms with van der Waals surface area (Å²) >= 11 is 0. The topological polar surface area (TPSA) is 60.5 Å². The zero-order chi connectivity index (χ0) is 17.8. The molecule has 1 aromatic heterocycles. The highest BCUT2D eigenvalue weighted by Crippen LogP contribution is 2.27. The zero-order valence-electron chi connectivity index (χ0n) is 14.6. The standard InChI is InChI=1S/C22H21N3O/c23-13-19-12-17(20-8-6-18-14-24-11-10-21(18)25-20)7-9-22(19)26-15-16-4-2-1-3-5-16/h1-9,12,14H,10-11,13,15,23H2. The van der Waals surface area contributed by atoms with Crippen LogP contribution in [-0.4, -0.2) is 17.7 Å². The van der Waals surface area contributed by atoms with Gasteiger partial charge in [0.1, 0.15) is 12.4 Å². The molecule has 2 aromatic carbocycles. The molecule has 0 saturated carbocycles. The van der Waals surface area contributed by atoms with Crippen molar-refractivity contribution in [2.75, 3.05) is 6.54 Å². The van der Waals surface area contributed by atoms with Gasteiger partial charge in [0, 0.05) is 42.4 Å². The molecular formula is C22H21N3O. The molecule has 0 fully saturated rings. The summed E-state index contributed by atoms with van der Waals surface area (Å²) in [5.74, 6) is 0.824. The van der Waals surface area contributed by atoms with E-state index < -0.39 is 0 Å². The first-order valence-corrected chi connectivity index (χ1v) is 8.83. The molecule has 3 aromatic rings. The van der Waals surface area contributed by atoms with Crippen molar-refractivity contribution in [3.8, 4) is 17.0 Å². The fraction of sp³-hybridized carbons (Fsp3) is 0.182. The quantitative estimate of drug-likeness (QED) is 0.767. The summed E-state index contributed by atoms with van der Waals surface area (Å²) in [6, 6.07) is 20.4. The van der Waals surface area contributed by atoms with Gasteiger partial charge >= 0.3 is 0 Å². The zero-order valence-corrected chi connectivity index (χ0v) is 14.6. The van der Waals surface area contributed by atoms with Crippen LogP contribution in [-0.2, 0) is 19.6 Å². The van der Waals surface area contributed by atoms with Crippen LogP contribution >= 0.6 is 0 Å². The third kappa shape index (κ3) is 3.51. The maximum Gasteiger partial charge on any atom is 0.124 e. The van der Waals surface area contributed by atoms with Crippen LogP contribution in [0.25, 0.3) is 11.3 Å². The van der Waals surface area contributed by atoms with Gasteiger partial charge in [-0.15, -0.1) is 0 Å². The van der Waals surface area contributed by atoms with Gasteiger partial charge in [0.15, 0.2) is 0 Å². The fourth-order valence-corrected chi connectivity index (χ4v) is 3.10. The van der Waals surface area contributed by atoms with Gasteiger partial charge < -0.3 is 10.5 Å². The van der Waals surface area contributed by atoms with Crippen LogP contribution in [0.2, 0.25) is 0 Å². The van der Waals surface area contributed by atoms with Crippen LogP contribution in [0.4, 0.5) is 0 Å². The number of benzene rings is 2. The van der Waals surface area contributed by atoms with Gasteiger partial charge in [0.25, 0.3) is 0 Å². The lowest BCUT2D eigenvalue weighted by molar-refractivity contribution is 0.303. The Labute approximate surface area is 153 Å². The number of aliphatic imine (C=N–C) groups is 1. The monoisotopic (exact) mass is 343 g/mol. The average Bonchev–Trinajstić information content (AvgIpc) is 2.72. The molecule has 0 saturated heterocycles. The van der Waals surface area contributed by atoms with Crippen molar-refractivity contribution >= 4 is 6.21 Å². The second-order valence-electron chi connectivity index (χ2n) is 6.32. The number of ether oxygens (including phenoxy) is 1. The summed E-state index contributed by atoms with van der Waals surface area (Å²) in [6.45, 7) is 1.77. The van der Waals surface area contributed by atoms with E-state index in [0.29, 0.717) is 13.2 Å². The minimum atomic E-state index is 0.426. The van der Waals surface area contributed by atoms with Crippen molar-refractivity contribution < 1.29 is 4.74 Å². The lowest BCUT2D eigenvalue weighted by Crippen LogP contribution is -2.06. The molecule has 0 unspecified atom stereocenters. The Morgan fingerprint density at radius 2 is 1.88 bits per heavy atom. The van der Waals surface area contributed by atoms with Crippen molar-refractivity contribution in [1.29, 1.82) is 0 Å². The maximum absolute atomic E-state index is 5.98. The number of nitrogens with zero attached hydrogens (tertiary/aromatic N) is 2.